The molecule has 1 fully saturated rings. The molecule has 0 spiro atoms. The highest BCUT2D eigenvalue weighted by molar-refractivity contribution is 5.92. The zero-order valence-corrected chi connectivity index (χ0v) is 15.8. The summed E-state index contributed by atoms with van der Waals surface area (Å²) in [6, 6.07) is 14.4. The number of nitrogens with one attached hydrogen (secondary N) is 1. The molecule has 1 aromatic carbocycles. The van der Waals surface area contributed by atoms with E-state index >= 15 is 0 Å². The third kappa shape index (κ3) is 5.07. The van der Waals surface area contributed by atoms with E-state index in [0.717, 1.165) is 44.6 Å². The van der Waals surface area contributed by atoms with E-state index in [9.17, 15) is 4.79 Å². The summed E-state index contributed by atoms with van der Waals surface area (Å²) in [4.78, 5) is 19.0. The van der Waals surface area contributed by atoms with E-state index in [2.05, 4.69) is 54.5 Å². The molecular weight excluding hydrogens is 322 g/mol. The molecular formula is C22H29N3O. The summed E-state index contributed by atoms with van der Waals surface area (Å²) < 4.78 is 0. The lowest BCUT2D eigenvalue weighted by Gasteiger charge is -2.32. The quantitative estimate of drug-likeness (QED) is 0.846. The van der Waals surface area contributed by atoms with Crippen LogP contribution in [0.1, 0.15) is 42.7 Å². The first kappa shape index (κ1) is 18.4. The van der Waals surface area contributed by atoms with Crippen LogP contribution < -0.4 is 5.32 Å². The lowest BCUT2D eigenvalue weighted by molar-refractivity contribution is 0.0684. The molecule has 0 bridgehead atoms. The second kappa shape index (κ2) is 8.84. The maximum absolute atomic E-state index is 12.7. The molecule has 0 unspecified atom stereocenters. The first-order chi connectivity index (χ1) is 12.6. The number of rotatable bonds is 6. The topological polar surface area (TPSA) is 45.2 Å². The van der Waals surface area contributed by atoms with Gasteiger partial charge in [-0.1, -0.05) is 44.2 Å². The van der Waals surface area contributed by atoms with Gasteiger partial charge in [-0.15, -0.1) is 0 Å². The number of piperidine rings is 1. The van der Waals surface area contributed by atoms with Gasteiger partial charge in [0.1, 0.15) is 5.69 Å². The van der Waals surface area contributed by atoms with Gasteiger partial charge in [-0.05, 0) is 48.8 Å². The Kier molecular flexibility index (Phi) is 6.26. The van der Waals surface area contributed by atoms with Crippen molar-refractivity contribution >= 4 is 11.6 Å². The van der Waals surface area contributed by atoms with Gasteiger partial charge < -0.3 is 10.2 Å². The second-order valence-electron chi connectivity index (χ2n) is 7.63. The lowest BCUT2D eigenvalue weighted by Crippen LogP contribution is -2.39. The van der Waals surface area contributed by atoms with Gasteiger partial charge in [0.15, 0.2) is 0 Å². The Labute approximate surface area is 156 Å². The Bertz CT molecular complexity index is 689. The molecule has 1 aliphatic rings. The van der Waals surface area contributed by atoms with E-state index in [0.29, 0.717) is 17.5 Å². The Morgan fingerprint density at radius 3 is 2.50 bits per heavy atom. The second-order valence-corrected chi connectivity index (χ2v) is 7.63. The maximum atomic E-state index is 12.7. The first-order valence-electron chi connectivity index (χ1n) is 9.65. The smallest absolute Gasteiger partial charge is 0.272 e. The van der Waals surface area contributed by atoms with Gasteiger partial charge in [0.2, 0.25) is 0 Å². The zero-order chi connectivity index (χ0) is 18.4. The summed E-state index contributed by atoms with van der Waals surface area (Å²) in [5.41, 5.74) is 2.90. The van der Waals surface area contributed by atoms with Crippen LogP contribution in [0.3, 0.4) is 0 Å². The summed E-state index contributed by atoms with van der Waals surface area (Å²) in [6.07, 6.45) is 5.00. The molecule has 0 atom stereocenters. The predicted molar refractivity (Wildman–Crippen MR) is 106 cm³/mol. The number of pyridine rings is 1. The van der Waals surface area contributed by atoms with Crippen molar-refractivity contribution in [1.29, 1.82) is 0 Å². The predicted octanol–water partition coefficient (Wildman–Crippen LogP) is 4.24. The Balaban J connectivity index is 1.50. The van der Waals surface area contributed by atoms with Crippen LogP contribution in [0.4, 0.5) is 5.69 Å². The van der Waals surface area contributed by atoms with Crippen molar-refractivity contribution in [3.63, 3.8) is 0 Å². The number of hydrogen-bond acceptors (Lipinski definition) is 3. The highest BCUT2D eigenvalue weighted by Gasteiger charge is 2.24. The maximum Gasteiger partial charge on any atom is 0.272 e. The third-order valence-corrected chi connectivity index (χ3v) is 4.97. The molecule has 4 heteroatoms. The number of carbonyl (C=O) groups is 1. The van der Waals surface area contributed by atoms with Crippen LogP contribution in [-0.4, -0.2) is 35.4 Å². The number of nitrogens with zero attached hydrogens (tertiary/aromatic N) is 2. The van der Waals surface area contributed by atoms with Crippen molar-refractivity contribution in [3.05, 3.63) is 59.9 Å². The Morgan fingerprint density at radius 1 is 1.15 bits per heavy atom. The van der Waals surface area contributed by atoms with Gasteiger partial charge in [0.05, 0.1) is 11.9 Å². The van der Waals surface area contributed by atoms with Gasteiger partial charge >= 0.3 is 0 Å². The molecule has 1 amide bonds. The third-order valence-electron chi connectivity index (χ3n) is 4.97. The standard InChI is InChI=1S/C22H29N3O/c1-17(2)15-23-20-8-9-21(24-16-20)22(26)25-12-10-19(11-13-25)14-18-6-4-3-5-7-18/h3-9,16-17,19,23H,10-15H2,1-2H3. The fourth-order valence-electron chi connectivity index (χ4n) is 3.40. The minimum Gasteiger partial charge on any atom is -0.384 e. The van der Waals surface area contributed by atoms with Crippen molar-refractivity contribution in [2.45, 2.75) is 33.1 Å². The number of aromatic nitrogens is 1. The van der Waals surface area contributed by atoms with Crippen LogP contribution in [0.5, 0.6) is 0 Å². The van der Waals surface area contributed by atoms with Crippen LogP contribution in [0, 0.1) is 11.8 Å². The van der Waals surface area contributed by atoms with E-state index in [1.807, 2.05) is 17.0 Å². The van der Waals surface area contributed by atoms with E-state index in [4.69, 9.17) is 0 Å². The number of hydrogen-bond donors (Lipinski definition) is 1. The largest absolute Gasteiger partial charge is 0.384 e. The van der Waals surface area contributed by atoms with Crippen LogP contribution in [0.25, 0.3) is 0 Å². The molecule has 0 saturated carbocycles. The van der Waals surface area contributed by atoms with Crippen LogP contribution in [0.15, 0.2) is 48.7 Å². The van der Waals surface area contributed by atoms with Crippen molar-refractivity contribution in [3.8, 4) is 0 Å². The van der Waals surface area contributed by atoms with Gasteiger partial charge in [-0.3, -0.25) is 4.79 Å². The van der Waals surface area contributed by atoms with Crippen LogP contribution in [-0.2, 0) is 6.42 Å². The van der Waals surface area contributed by atoms with Crippen molar-refractivity contribution in [1.82, 2.24) is 9.88 Å². The fourth-order valence-corrected chi connectivity index (χ4v) is 3.40. The van der Waals surface area contributed by atoms with E-state index in [1.165, 1.54) is 5.56 Å². The average molecular weight is 351 g/mol. The minimum atomic E-state index is 0.0542. The van der Waals surface area contributed by atoms with Crippen molar-refractivity contribution < 1.29 is 4.79 Å². The summed E-state index contributed by atoms with van der Waals surface area (Å²) >= 11 is 0. The molecule has 2 heterocycles. The molecule has 1 aliphatic heterocycles. The highest BCUT2D eigenvalue weighted by Crippen LogP contribution is 2.22. The number of carbonyl (C=O) groups excluding carboxylic acids is 1. The number of anilines is 1. The molecule has 1 saturated heterocycles. The van der Waals surface area contributed by atoms with Crippen molar-refractivity contribution in [2.75, 3.05) is 25.0 Å². The van der Waals surface area contributed by atoms with E-state index in [-0.39, 0.29) is 5.91 Å². The molecule has 0 aliphatic carbocycles. The summed E-state index contributed by atoms with van der Waals surface area (Å²) in [5.74, 6) is 1.30. The summed E-state index contributed by atoms with van der Waals surface area (Å²) in [5, 5.41) is 3.33. The monoisotopic (exact) mass is 351 g/mol. The summed E-state index contributed by atoms with van der Waals surface area (Å²) in [7, 11) is 0. The average Bonchev–Trinajstić information content (AvgIpc) is 2.68. The molecule has 0 radical (unpaired) electrons. The minimum absolute atomic E-state index is 0.0542. The van der Waals surface area contributed by atoms with Gasteiger partial charge in [0, 0.05) is 19.6 Å². The van der Waals surface area contributed by atoms with Gasteiger partial charge in [0.25, 0.3) is 5.91 Å². The number of likely N-dealkylation sites (tertiary alicyclic amines) is 1. The number of benzene rings is 1. The molecule has 138 valence electrons. The fraction of sp³-hybridized carbons (Fsp3) is 0.455. The normalized spacial score (nSPS) is 15.3. The highest BCUT2D eigenvalue weighted by atomic mass is 16.2. The van der Waals surface area contributed by atoms with E-state index in [1.54, 1.807) is 6.20 Å². The molecule has 3 rings (SSSR count). The Hall–Kier alpha value is -2.36. The van der Waals surface area contributed by atoms with Gasteiger partial charge in [-0.25, -0.2) is 4.98 Å². The molecule has 2 aromatic rings. The molecule has 26 heavy (non-hydrogen) atoms. The number of amides is 1. The van der Waals surface area contributed by atoms with Crippen molar-refractivity contribution in [2.24, 2.45) is 11.8 Å². The first-order valence-corrected chi connectivity index (χ1v) is 9.65. The SMILES string of the molecule is CC(C)CNc1ccc(C(=O)N2CCC(Cc3ccccc3)CC2)nc1. The molecule has 4 nitrogen and oxygen atoms in total. The zero-order valence-electron chi connectivity index (χ0n) is 15.8. The van der Waals surface area contributed by atoms with Crippen LogP contribution in [0.2, 0.25) is 0 Å². The van der Waals surface area contributed by atoms with Crippen LogP contribution >= 0.6 is 0 Å². The summed E-state index contributed by atoms with van der Waals surface area (Å²) in [6.45, 7) is 6.89. The molecule has 1 N–H and O–H groups in total. The lowest BCUT2D eigenvalue weighted by atomic mass is 9.90. The van der Waals surface area contributed by atoms with E-state index < -0.39 is 0 Å². The van der Waals surface area contributed by atoms with Gasteiger partial charge in [-0.2, -0.15) is 0 Å². The molecule has 1 aromatic heterocycles. The Morgan fingerprint density at radius 2 is 1.88 bits per heavy atom.